The molecular formula is C20H20Br2O4. The molecule has 0 radical (unpaired) electrons. The average molecular weight is 484 g/mol. The number of ether oxygens (including phenoxy) is 2. The Balaban J connectivity index is 1.77. The van der Waals surface area contributed by atoms with Crippen LogP contribution in [0.15, 0.2) is 48.5 Å². The molecule has 0 saturated carbocycles. The highest BCUT2D eigenvalue weighted by Gasteiger charge is 2.11. The number of alkyl halides is 2. The van der Waals surface area contributed by atoms with E-state index in [1.165, 1.54) is 0 Å². The lowest BCUT2D eigenvalue weighted by Gasteiger charge is -2.11. The van der Waals surface area contributed by atoms with Crippen molar-refractivity contribution >= 4 is 43.4 Å². The van der Waals surface area contributed by atoms with E-state index < -0.39 is 0 Å². The maximum absolute atomic E-state index is 11.9. The van der Waals surface area contributed by atoms with Gasteiger partial charge in [0.1, 0.15) is 11.5 Å². The Bertz CT molecular complexity index is 683. The van der Waals surface area contributed by atoms with Gasteiger partial charge in [-0.1, -0.05) is 56.1 Å². The number of rotatable bonds is 11. The summed E-state index contributed by atoms with van der Waals surface area (Å²) in [6.45, 7) is 0.996. The summed E-state index contributed by atoms with van der Waals surface area (Å²) in [7, 11) is 0. The van der Waals surface area contributed by atoms with Crippen LogP contribution in [-0.2, 0) is 0 Å². The molecule has 0 N–H and O–H groups in total. The molecule has 6 heteroatoms. The predicted octanol–water partition coefficient (Wildman–Crippen LogP) is 5.08. The van der Waals surface area contributed by atoms with Gasteiger partial charge in [-0.3, -0.25) is 9.59 Å². The van der Waals surface area contributed by atoms with E-state index >= 15 is 0 Å². The molecule has 2 aromatic rings. The Morgan fingerprint density at radius 1 is 0.692 bits per heavy atom. The Hall–Kier alpha value is -1.66. The quantitative estimate of drug-likeness (QED) is 0.254. The molecule has 26 heavy (non-hydrogen) atoms. The standard InChI is InChI=1S/C20H20Br2O4/c21-13-17(23)15-7-1-3-9-19(15)25-11-5-6-12-26-20-10-4-2-8-16(20)18(24)14-22/h1-4,7-10H,5-6,11-14H2. The molecule has 0 spiro atoms. The minimum atomic E-state index is -0.00278. The molecule has 4 nitrogen and oxygen atoms in total. The first-order valence-electron chi connectivity index (χ1n) is 8.29. The molecule has 0 aliphatic rings. The van der Waals surface area contributed by atoms with Crippen molar-refractivity contribution in [2.75, 3.05) is 23.9 Å². The molecule has 0 aliphatic carbocycles. The van der Waals surface area contributed by atoms with Crippen molar-refractivity contribution in [3.8, 4) is 11.5 Å². The Morgan fingerprint density at radius 3 is 1.46 bits per heavy atom. The number of halogens is 2. The van der Waals surface area contributed by atoms with E-state index in [-0.39, 0.29) is 22.2 Å². The second-order valence-corrected chi connectivity index (χ2v) is 6.63. The lowest BCUT2D eigenvalue weighted by atomic mass is 10.1. The number of hydrogen-bond donors (Lipinski definition) is 0. The monoisotopic (exact) mass is 482 g/mol. The molecule has 2 aromatic carbocycles. The minimum Gasteiger partial charge on any atom is -0.493 e. The van der Waals surface area contributed by atoms with Gasteiger partial charge in [-0.05, 0) is 37.1 Å². The summed E-state index contributed by atoms with van der Waals surface area (Å²) in [6.07, 6.45) is 1.57. The van der Waals surface area contributed by atoms with Crippen LogP contribution in [0.25, 0.3) is 0 Å². The maximum atomic E-state index is 11.9. The van der Waals surface area contributed by atoms with Crippen molar-refractivity contribution in [3.05, 3.63) is 59.7 Å². The first-order chi connectivity index (χ1) is 12.7. The lowest BCUT2D eigenvalue weighted by Crippen LogP contribution is -2.08. The summed E-state index contributed by atoms with van der Waals surface area (Å²) in [5, 5.41) is 0.543. The summed E-state index contributed by atoms with van der Waals surface area (Å²) < 4.78 is 11.5. The first kappa shape index (κ1) is 20.6. The largest absolute Gasteiger partial charge is 0.493 e. The Kier molecular flexibility index (Phi) is 8.85. The van der Waals surface area contributed by atoms with Gasteiger partial charge in [-0.2, -0.15) is 0 Å². The van der Waals surface area contributed by atoms with Crippen LogP contribution in [-0.4, -0.2) is 35.4 Å². The van der Waals surface area contributed by atoms with Gasteiger partial charge >= 0.3 is 0 Å². The Morgan fingerprint density at radius 2 is 1.08 bits per heavy atom. The highest BCUT2D eigenvalue weighted by Crippen LogP contribution is 2.21. The van der Waals surface area contributed by atoms with Crippen LogP contribution in [0.5, 0.6) is 11.5 Å². The van der Waals surface area contributed by atoms with Crippen molar-refractivity contribution in [1.29, 1.82) is 0 Å². The van der Waals surface area contributed by atoms with Gasteiger partial charge in [0.25, 0.3) is 0 Å². The van der Waals surface area contributed by atoms with Gasteiger partial charge in [0.2, 0.25) is 0 Å². The fraction of sp³-hybridized carbons (Fsp3) is 0.300. The minimum absolute atomic E-state index is 0.00278. The molecular weight excluding hydrogens is 464 g/mol. The van der Waals surface area contributed by atoms with Crippen LogP contribution in [0, 0.1) is 0 Å². The summed E-state index contributed by atoms with van der Waals surface area (Å²) in [4.78, 5) is 23.7. The number of ketones is 2. The van der Waals surface area contributed by atoms with Crippen LogP contribution in [0.1, 0.15) is 33.6 Å². The molecule has 0 bridgehead atoms. The molecule has 0 fully saturated rings. The SMILES string of the molecule is O=C(CBr)c1ccccc1OCCCCOc1ccccc1C(=O)CBr. The zero-order valence-electron chi connectivity index (χ0n) is 14.3. The van der Waals surface area contributed by atoms with E-state index in [0.717, 1.165) is 12.8 Å². The molecule has 0 aromatic heterocycles. The van der Waals surface area contributed by atoms with Crippen LogP contribution in [0.3, 0.4) is 0 Å². The van der Waals surface area contributed by atoms with E-state index in [1.54, 1.807) is 24.3 Å². The van der Waals surface area contributed by atoms with Gasteiger partial charge in [0, 0.05) is 0 Å². The van der Waals surface area contributed by atoms with Crippen molar-refractivity contribution < 1.29 is 19.1 Å². The fourth-order valence-electron chi connectivity index (χ4n) is 2.36. The first-order valence-corrected chi connectivity index (χ1v) is 10.5. The smallest absolute Gasteiger partial charge is 0.177 e. The van der Waals surface area contributed by atoms with Crippen molar-refractivity contribution in [2.45, 2.75) is 12.8 Å². The summed E-state index contributed by atoms with van der Waals surface area (Å²) in [5.74, 6) is 1.20. The van der Waals surface area contributed by atoms with E-state index in [4.69, 9.17) is 9.47 Å². The molecule has 0 aliphatic heterocycles. The second kappa shape index (κ2) is 11.1. The molecule has 0 unspecified atom stereocenters. The van der Waals surface area contributed by atoms with Crippen LogP contribution < -0.4 is 9.47 Å². The van der Waals surface area contributed by atoms with Gasteiger partial charge in [-0.25, -0.2) is 0 Å². The molecule has 2 rings (SSSR count). The molecule has 0 amide bonds. The Labute approximate surface area is 170 Å². The third-order valence-electron chi connectivity index (χ3n) is 3.67. The van der Waals surface area contributed by atoms with Crippen molar-refractivity contribution in [2.24, 2.45) is 0 Å². The fourth-order valence-corrected chi connectivity index (χ4v) is 2.96. The number of carbonyl (C=O) groups is 2. The number of hydrogen-bond acceptors (Lipinski definition) is 4. The zero-order chi connectivity index (χ0) is 18.8. The number of benzene rings is 2. The van der Waals surface area contributed by atoms with Crippen molar-refractivity contribution in [1.82, 2.24) is 0 Å². The van der Waals surface area contributed by atoms with E-state index in [9.17, 15) is 9.59 Å². The topological polar surface area (TPSA) is 52.6 Å². The average Bonchev–Trinajstić information content (AvgIpc) is 2.70. The third kappa shape index (κ3) is 5.95. The van der Waals surface area contributed by atoms with Crippen LogP contribution in [0.4, 0.5) is 0 Å². The normalized spacial score (nSPS) is 10.4. The molecule has 0 saturated heterocycles. The number of para-hydroxylation sites is 2. The predicted molar refractivity (Wildman–Crippen MR) is 109 cm³/mol. The van der Waals surface area contributed by atoms with Gasteiger partial charge in [0.15, 0.2) is 11.6 Å². The number of Topliss-reactive ketones (excluding diaryl/α,β-unsaturated/α-hetero) is 2. The van der Waals surface area contributed by atoms with E-state index in [1.807, 2.05) is 24.3 Å². The maximum Gasteiger partial charge on any atom is 0.177 e. The zero-order valence-corrected chi connectivity index (χ0v) is 17.4. The second-order valence-electron chi connectivity index (χ2n) is 5.51. The highest BCUT2D eigenvalue weighted by molar-refractivity contribution is 9.09. The van der Waals surface area contributed by atoms with Gasteiger partial charge in [0.05, 0.1) is 35.0 Å². The number of unbranched alkanes of at least 4 members (excludes halogenated alkanes) is 1. The van der Waals surface area contributed by atoms with Gasteiger partial charge in [-0.15, -0.1) is 0 Å². The molecule has 0 atom stereocenters. The summed E-state index contributed by atoms with van der Waals surface area (Å²) >= 11 is 6.37. The van der Waals surface area contributed by atoms with Crippen LogP contribution >= 0.6 is 31.9 Å². The highest BCUT2D eigenvalue weighted by atomic mass is 79.9. The molecule has 0 heterocycles. The number of carbonyl (C=O) groups excluding carboxylic acids is 2. The van der Waals surface area contributed by atoms with Gasteiger partial charge < -0.3 is 9.47 Å². The summed E-state index contributed by atoms with van der Waals surface area (Å²) in [5.41, 5.74) is 1.17. The van der Waals surface area contributed by atoms with E-state index in [2.05, 4.69) is 31.9 Å². The summed E-state index contributed by atoms with van der Waals surface area (Å²) in [6, 6.07) is 14.5. The van der Waals surface area contributed by atoms with E-state index in [0.29, 0.717) is 35.8 Å². The van der Waals surface area contributed by atoms with Crippen LogP contribution in [0.2, 0.25) is 0 Å². The third-order valence-corrected chi connectivity index (χ3v) is 4.69. The molecule has 138 valence electrons. The van der Waals surface area contributed by atoms with Crippen molar-refractivity contribution in [3.63, 3.8) is 0 Å². The lowest BCUT2D eigenvalue weighted by molar-refractivity contribution is 0.101.